The van der Waals surface area contributed by atoms with E-state index in [9.17, 15) is 0 Å². The lowest BCUT2D eigenvalue weighted by Crippen LogP contribution is -1.90. The fraction of sp³-hybridized carbons (Fsp3) is 0. The van der Waals surface area contributed by atoms with Crippen molar-refractivity contribution in [1.82, 2.24) is 0 Å². The van der Waals surface area contributed by atoms with Gasteiger partial charge in [-0.25, -0.2) is 0 Å². The Bertz CT molecular complexity index is 2380. The first-order chi connectivity index (χ1) is 20.8. The Balaban J connectivity index is 1.19. The molecule has 0 atom stereocenters. The van der Waals surface area contributed by atoms with E-state index in [1.54, 1.807) is 0 Å². The molecule has 0 aliphatic carbocycles. The van der Waals surface area contributed by atoms with Crippen LogP contribution in [0.15, 0.2) is 154 Å². The third kappa shape index (κ3) is 3.45. The number of para-hydroxylation sites is 1. The fourth-order valence-corrected chi connectivity index (χ4v) is 6.56. The van der Waals surface area contributed by atoms with Crippen LogP contribution in [-0.2, 0) is 0 Å². The SMILES string of the molecule is c1ccc(-c2c3ccccc3c(-c3ccc(-c4cc5cc6oc7ccccc7c6cc5o4)cc3)c3ccccc23)cc1. The van der Waals surface area contributed by atoms with Crippen LogP contribution in [0.3, 0.4) is 0 Å². The van der Waals surface area contributed by atoms with Crippen molar-refractivity contribution in [2.24, 2.45) is 0 Å². The van der Waals surface area contributed by atoms with Crippen LogP contribution in [0.2, 0.25) is 0 Å². The topological polar surface area (TPSA) is 26.3 Å². The molecule has 0 N–H and O–H groups in total. The molecule has 0 saturated heterocycles. The summed E-state index contributed by atoms with van der Waals surface area (Å²) in [5.74, 6) is 0.850. The minimum atomic E-state index is 0.850. The third-order valence-electron chi connectivity index (χ3n) is 8.47. The summed E-state index contributed by atoms with van der Waals surface area (Å²) in [5, 5.41) is 8.24. The number of hydrogen-bond acceptors (Lipinski definition) is 2. The third-order valence-corrected chi connectivity index (χ3v) is 8.47. The van der Waals surface area contributed by atoms with Gasteiger partial charge in [0.15, 0.2) is 0 Å². The molecule has 2 heteroatoms. The highest BCUT2D eigenvalue weighted by molar-refractivity contribution is 6.21. The summed E-state index contributed by atoms with van der Waals surface area (Å²) in [4.78, 5) is 0. The lowest BCUT2D eigenvalue weighted by molar-refractivity contribution is 0.631. The van der Waals surface area contributed by atoms with E-state index in [1.165, 1.54) is 43.8 Å². The van der Waals surface area contributed by atoms with Crippen LogP contribution in [0.5, 0.6) is 0 Å². The number of benzene rings is 7. The van der Waals surface area contributed by atoms with E-state index in [0.717, 1.165) is 44.2 Å². The Labute approximate surface area is 242 Å². The molecule has 0 amide bonds. The molecule has 2 aromatic heterocycles. The van der Waals surface area contributed by atoms with Crippen molar-refractivity contribution in [1.29, 1.82) is 0 Å². The van der Waals surface area contributed by atoms with Gasteiger partial charge < -0.3 is 8.83 Å². The molecule has 2 nitrogen and oxygen atoms in total. The monoisotopic (exact) mass is 536 g/mol. The van der Waals surface area contributed by atoms with Gasteiger partial charge in [-0.05, 0) is 68.1 Å². The molecule has 0 aliphatic heterocycles. The second kappa shape index (κ2) is 8.95. The van der Waals surface area contributed by atoms with Crippen LogP contribution in [0.1, 0.15) is 0 Å². The summed E-state index contributed by atoms with van der Waals surface area (Å²) in [6, 6.07) is 51.4. The van der Waals surface area contributed by atoms with Crippen LogP contribution in [-0.4, -0.2) is 0 Å². The standard InChI is InChI=1S/C40H24O2/c1-2-10-26(11-3-1)39-30-13-4-6-15-32(30)40(33-16-7-5-14-31(33)39)27-20-18-25(19-21-27)36-22-28-23-38-34(24-37(28)42-36)29-12-8-9-17-35(29)41-38/h1-24H. The van der Waals surface area contributed by atoms with Crippen LogP contribution < -0.4 is 0 Å². The molecule has 0 fully saturated rings. The van der Waals surface area contributed by atoms with Gasteiger partial charge in [0.05, 0.1) is 0 Å². The van der Waals surface area contributed by atoms with Crippen molar-refractivity contribution in [3.63, 3.8) is 0 Å². The van der Waals surface area contributed by atoms with Crippen LogP contribution >= 0.6 is 0 Å². The van der Waals surface area contributed by atoms with Crippen molar-refractivity contribution in [2.75, 3.05) is 0 Å². The van der Waals surface area contributed by atoms with Crippen molar-refractivity contribution in [3.8, 4) is 33.6 Å². The Hall–Kier alpha value is -5.60. The predicted molar refractivity (Wildman–Crippen MR) is 175 cm³/mol. The molecule has 0 unspecified atom stereocenters. The quantitative estimate of drug-likeness (QED) is 0.210. The Kier molecular flexibility index (Phi) is 4.93. The lowest BCUT2D eigenvalue weighted by atomic mass is 9.86. The van der Waals surface area contributed by atoms with Gasteiger partial charge in [0, 0.05) is 21.7 Å². The van der Waals surface area contributed by atoms with E-state index in [1.807, 2.05) is 18.2 Å². The highest BCUT2D eigenvalue weighted by Gasteiger charge is 2.17. The van der Waals surface area contributed by atoms with Gasteiger partial charge in [-0.1, -0.05) is 121 Å². The summed E-state index contributed by atoms with van der Waals surface area (Å²) in [7, 11) is 0. The van der Waals surface area contributed by atoms with Crippen molar-refractivity contribution in [3.05, 3.63) is 146 Å². The van der Waals surface area contributed by atoms with Crippen molar-refractivity contribution in [2.45, 2.75) is 0 Å². The van der Waals surface area contributed by atoms with E-state index < -0.39 is 0 Å². The minimum absolute atomic E-state index is 0.850. The average molecular weight is 537 g/mol. The van der Waals surface area contributed by atoms with E-state index in [0.29, 0.717) is 0 Å². The molecule has 9 rings (SSSR count). The smallest absolute Gasteiger partial charge is 0.136 e. The molecule has 2 heterocycles. The van der Waals surface area contributed by atoms with Crippen LogP contribution in [0.25, 0.3) is 88.0 Å². The molecule has 9 aromatic rings. The molecule has 42 heavy (non-hydrogen) atoms. The maximum atomic E-state index is 6.39. The fourth-order valence-electron chi connectivity index (χ4n) is 6.56. The van der Waals surface area contributed by atoms with Gasteiger partial charge >= 0.3 is 0 Å². The highest BCUT2D eigenvalue weighted by atomic mass is 16.3. The van der Waals surface area contributed by atoms with Crippen molar-refractivity contribution >= 4 is 54.5 Å². The van der Waals surface area contributed by atoms with Crippen molar-refractivity contribution < 1.29 is 8.83 Å². The maximum Gasteiger partial charge on any atom is 0.136 e. The number of furan rings is 2. The first kappa shape index (κ1) is 23.1. The van der Waals surface area contributed by atoms with Gasteiger partial charge in [-0.3, -0.25) is 0 Å². The predicted octanol–water partition coefficient (Wildman–Crippen LogP) is 11.6. The molecule has 196 valence electrons. The second-order valence-electron chi connectivity index (χ2n) is 10.9. The van der Waals surface area contributed by atoms with Gasteiger partial charge in [0.1, 0.15) is 22.5 Å². The summed E-state index contributed by atoms with van der Waals surface area (Å²) in [6.07, 6.45) is 0. The van der Waals surface area contributed by atoms with Gasteiger partial charge in [-0.15, -0.1) is 0 Å². The van der Waals surface area contributed by atoms with E-state index in [2.05, 4.69) is 127 Å². The zero-order valence-electron chi connectivity index (χ0n) is 22.7. The van der Waals surface area contributed by atoms with Gasteiger partial charge in [0.25, 0.3) is 0 Å². The zero-order valence-corrected chi connectivity index (χ0v) is 22.7. The molecule has 0 aliphatic rings. The van der Waals surface area contributed by atoms with E-state index in [-0.39, 0.29) is 0 Å². The van der Waals surface area contributed by atoms with E-state index in [4.69, 9.17) is 8.83 Å². The second-order valence-corrected chi connectivity index (χ2v) is 10.9. The maximum absolute atomic E-state index is 6.39. The zero-order chi connectivity index (χ0) is 27.6. The van der Waals surface area contributed by atoms with Crippen LogP contribution in [0.4, 0.5) is 0 Å². The summed E-state index contributed by atoms with van der Waals surface area (Å²) in [5.41, 5.74) is 8.64. The average Bonchev–Trinajstić information content (AvgIpc) is 3.63. The lowest BCUT2D eigenvalue weighted by Gasteiger charge is -2.17. The molecular weight excluding hydrogens is 512 g/mol. The summed E-state index contributed by atoms with van der Waals surface area (Å²) >= 11 is 0. The molecule has 0 saturated carbocycles. The molecule has 0 radical (unpaired) electrons. The number of hydrogen-bond donors (Lipinski definition) is 0. The molecule has 0 spiro atoms. The molecule has 0 bridgehead atoms. The first-order valence-electron chi connectivity index (χ1n) is 14.3. The normalized spacial score (nSPS) is 11.8. The summed E-state index contributed by atoms with van der Waals surface area (Å²) in [6.45, 7) is 0. The van der Waals surface area contributed by atoms with Gasteiger partial charge in [-0.2, -0.15) is 0 Å². The van der Waals surface area contributed by atoms with Gasteiger partial charge in [0.2, 0.25) is 0 Å². The number of rotatable bonds is 3. The highest BCUT2D eigenvalue weighted by Crippen LogP contribution is 2.44. The number of fused-ring (bicyclic) bond motifs is 6. The Morgan fingerprint density at radius 3 is 1.48 bits per heavy atom. The first-order valence-corrected chi connectivity index (χ1v) is 14.3. The molecule has 7 aromatic carbocycles. The largest absolute Gasteiger partial charge is 0.456 e. The Morgan fingerprint density at radius 1 is 0.310 bits per heavy atom. The van der Waals surface area contributed by atoms with Crippen LogP contribution in [0, 0.1) is 0 Å². The minimum Gasteiger partial charge on any atom is -0.456 e. The van der Waals surface area contributed by atoms with E-state index >= 15 is 0 Å². The Morgan fingerprint density at radius 2 is 0.833 bits per heavy atom. The summed E-state index contributed by atoms with van der Waals surface area (Å²) < 4.78 is 12.5. The molecular formula is C40H24O2.